The highest BCUT2D eigenvalue weighted by molar-refractivity contribution is 6.07. The molecule has 0 bridgehead atoms. The Morgan fingerprint density at radius 2 is 1.69 bits per heavy atom. The second-order valence-electron chi connectivity index (χ2n) is 8.41. The van der Waals surface area contributed by atoms with Crippen molar-refractivity contribution in [3.63, 3.8) is 0 Å². The van der Waals surface area contributed by atoms with Gasteiger partial charge < -0.3 is 14.4 Å². The highest BCUT2D eigenvalue weighted by Gasteiger charge is 2.12. The van der Waals surface area contributed by atoms with Gasteiger partial charge in [0, 0.05) is 36.5 Å². The summed E-state index contributed by atoms with van der Waals surface area (Å²) in [7, 11) is 1.55. The van der Waals surface area contributed by atoms with Gasteiger partial charge in [-0.15, -0.1) is 0 Å². The summed E-state index contributed by atoms with van der Waals surface area (Å²) in [6, 6.07) is 19.4. The average molecular weight is 473 g/mol. The summed E-state index contributed by atoms with van der Waals surface area (Å²) in [5, 5.41) is 10.8. The van der Waals surface area contributed by atoms with Crippen LogP contribution in [0.25, 0.3) is 6.08 Å². The lowest BCUT2D eigenvalue weighted by atomic mass is 10.1. The van der Waals surface area contributed by atoms with Gasteiger partial charge in [-0.05, 0) is 85.0 Å². The maximum absolute atomic E-state index is 12.7. The number of carbonyl (C=O) groups is 1. The third-order valence-corrected chi connectivity index (χ3v) is 6.03. The molecule has 0 atom stereocenters. The zero-order valence-corrected chi connectivity index (χ0v) is 19.7. The van der Waals surface area contributed by atoms with Crippen LogP contribution in [0.5, 0.6) is 11.5 Å². The van der Waals surface area contributed by atoms with Crippen molar-refractivity contribution in [1.29, 1.82) is 0 Å². The molecule has 7 nitrogen and oxygen atoms in total. The summed E-state index contributed by atoms with van der Waals surface area (Å²) >= 11 is 0. The lowest BCUT2D eigenvalue weighted by molar-refractivity contribution is -0.384. The van der Waals surface area contributed by atoms with Crippen LogP contribution < -0.4 is 14.4 Å². The SMILES string of the molecule is COc1cc(/C=C/C(=O)c2ccc(N3CCCCC3)cc2)ccc1OCc1ccc([N+](=O)[O-])cc1. The topological polar surface area (TPSA) is 81.9 Å². The van der Waals surface area contributed by atoms with Crippen LogP contribution in [0.3, 0.4) is 0 Å². The first-order valence-electron chi connectivity index (χ1n) is 11.6. The maximum Gasteiger partial charge on any atom is 0.269 e. The first-order chi connectivity index (χ1) is 17.0. The molecule has 0 unspecified atom stereocenters. The van der Waals surface area contributed by atoms with Crippen molar-refractivity contribution >= 4 is 23.2 Å². The quantitative estimate of drug-likeness (QED) is 0.163. The Morgan fingerprint density at radius 3 is 2.34 bits per heavy atom. The summed E-state index contributed by atoms with van der Waals surface area (Å²) < 4.78 is 11.3. The molecule has 180 valence electrons. The number of nitrogens with zero attached hydrogens (tertiary/aromatic N) is 2. The number of nitro benzene ring substituents is 1. The molecule has 35 heavy (non-hydrogen) atoms. The Labute approximate surface area is 204 Å². The molecule has 1 heterocycles. The van der Waals surface area contributed by atoms with Crippen LogP contribution in [-0.2, 0) is 6.61 Å². The number of allylic oxidation sites excluding steroid dienone is 1. The van der Waals surface area contributed by atoms with Crippen LogP contribution in [0.2, 0.25) is 0 Å². The van der Waals surface area contributed by atoms with Crippen molar-refractivity contribution in [2.45, 2.75) is 25.9 Å². The predicted octanol–water partition coefficient (Wildman–Crippen LogP) is 6.07. The number of rotatable bonds is 9. The molecular weight excluding hydrogens is 444 g/mol. The molecule has 3 aromatic carbocycles. The van der Waals surface area contributed by atoms with Crippen LogP contribution in [0, 0.1) is 10.1 Å². The number of nitro groups is 1. The molecule has 1 saturated heterocycles. The van der Waals surface area contributed by atoms with Crippen molar-refractivity contribution in [3.05, 3.63) is 99.6 Å². The van der Waals surface area contributed by atoms with Crippen LogP contribution in [0.4, 0.5) is 11.4 Å². The van der Waals surface area contributed by atoms with Crippen molar-refractivity contribution in [3.8, 4) is 11.5 Å². The predicted molar refractivity (Wildman–Crippen MR) is 136 cm³/mol. The first kappa shape index (κ1) is 24.0. The van der Waals surface area contributed by atoms with Crippen molar-refractivity contribution in [2.24, 2.45) is 0 Å². The number of methoxy groups -OCH3 is 1. The van der Waals surface area contributed by atoms with E-state index in [1.807, 2.05) is 30.3 Å². The fourth-order valence-electron chi connectivity index (χ4n) is 4.04. The fraction of sp³-hybridized carbons (Fsp3) is 0.250. The zero-order valence-electron chi connectivity index (χ0n) is 19.7. The molecule has 0 aromatic heterocycles. The van der Waals surface area contributed by atoms with E-state index in [4.69, 9.17) is 9.47 Å². The van der Waals surface area contributed by atoms with Gasteiger partial charge in [-0.25, -0.2) is 0 Å². The number of ketones is 1. The molecule has 7 heteroatoms. The summed E-state index contributed by atoms with van der Waals surface area (Å²) in [6.07, 6.45) is 7.03. The normalized spacial score (nSPS) is 13.6. The van der Waals surface area contributed by atoms with Gasteiger partial charge in [0.2, 0.25) is 0 Å². The van der Waals surface area contributed by atoms with E-state index in [1.54, 1.807) is 43.5 Å². The number of ether oxygens (including phenoxy) is 2. The number of hydrogen-bond donors (Lipinski definition) is 0. The second kappa shape index (κ2) is 11.3. The van der Waals surface area contributed by atoms with Crippen molar-refractivity contribution in [1.82, 2.24) is 0 Å². The Morgan fingerprint density at radius 1 is 0.971 bits per heavy atom. The molecule has 0 radical (unpaired) electrons. The number of non-ortho nitro benzene ring substituents is 1. The molecule has 0 spiro atoms. The standard InChI is InChI=1S/C28H28N2O5/c1-34-28-19-21(8-16-27(28)35-20-22-5-11-25(12-6-22)30(32)33)7-15-26(31)23-9-13-24(14-10-23)29-17-3-2-4-18-29/h5-16,19H,2-4,17-18,20H2,1H3/b15-7+. The summed E-state index contributed by atoms with van der Waals surface area (Å²) in [5.41, 5.74) is 3.47. The number of benzene rings is 3. The number of hydrogen-bond acceptors (Lipinski definition) is 6. The lowest BCUT2D eigenvalue weighted by Gasteiger charge is -2.28. The van der Waals surface area contributed by atoms with Crippen LogP contribution in [-0.4, -0.2) is 30.9 Å². The molecule has 1 aliphatic rings. The largest absolute Gasteiger partial charge is 0.493 e. The minimum absolute atomic E-state index is 0.0370. The zero-order chi connectivity index (χ0) is 24.6. The molecule has 1 fully saturated rings. The molecule has 0 amide bonds. The minimum atomic E-state index is -0.435. The van der Waals surface area contributed by atoms with E-state index in [0.29, 0.717) is 17.1 Å². The third-order valence-electron chi connectivity index (χ3n) is 6.03. The Kier molecular flexibility index (Phi) is 7.77. The summed E-state index contributed by atoms with van der Waals surface area (Å²) in [5.74, 6) is 1.02. The third kappa shape index (κ3) is 6.26. The van der Waals surface area contributed by atoms with Crippen molar-refractivity contribution in [2.75, 3.05) is 25.1 Å². The summed E-state index contributed by atoms with van der Waals surface area (Å²) in [6.45, 7) is 2.39. The second-order valence-corrected chi connectivity index (χ2v) is 8.41. The van der Waals surface area contributed by atoms with Gasteiger partial charge in [-0.3, -0.25) is 14.9 Å². The molecule has 1 aliphatic heterocycles. The van der Waals surface area contributed by atoms with Gasteiger partial charge in [-0.1, -0.05) is 12.1 Å². The Hall–Kier alpha value is -4.13. The van der Waals surface area contributed by atoms with E-state index < -0.39 is 4.92 Å². The first-order valence-corrected chi connectivity index (χ1v) is 11.6. The van der Waals surface area contributed by atoms with E-state index >= 15 is 0 Å². The van der Waals surface area contributed by atoms with E-state index in [0.717, 1.165) is 24.2 Å². The highest BCUT2D eigenvalue weighted by atomic mass is 16.6. The Bertz CT molecular complexity index is 1200. The van der Waals surface area contributed by atoms with Gasteiger partial charge in [0.25, 0.3) is 5.69 Å². The smallest absolute Gasteiger partial charge is 0.269 e. The molecule has 3 aromatic rings. The van der Waals surface area contributed by atoms with Crippen LogP contribution in [0.15, 0.2) is 72.8 Å². The molecular formula is C28H28N2O5. The maximum atomic E-state index is 12.7. The number of anilines is 1. The molecule has 0 aliphatic carbocycles. The monoisotopic (exact) mass is 472 g/mol. The van der Waals surface area contributed by atoms with Gasteiger partial charge in [-0.2, -0.15) is 0 Å². The molecule has 0 N–H and O–H groups in total. The number of piperidine rings is 1. The highest BCUT2D eigenvalue weighted by Crippen LogP contribution is 2.29. The lowest BCUT2D eigenvalue weighted by Crippen LogP contribution is -2.29. The average Bonchev–Trinajstić information content (AvgIpc) is 2.91. The van der Waals surface area contributed by atoms with E-state index in [-0.39, 0.29) is 18.1 Å². The molecule has 4 rings (SSSR count). The molecule has 0 saturated carbocycles. The van der Waals surface area contributed by atoms with Gasteiger partial charge in [0.1, 0.15) is 6.61 Å². The number of carbonyl (C=O) groups excluding carboxylic acids is 1. The van der Waals surface area contributed by atoms with E-state index in [9.17, 15) is 14.9 Å². The van der Waals surface area contributed by atoms with E-state index in [1.165, 1.54) is 37.1 Å². The van der Waals surface area contributed by atoms with Crippen LogP contribution >= 0.6 is 0 Å². The van der Waals surface area contributed by atoms with Crippen molar-refractivity contribution < 1.29 is 19.2 Å². The summed E-state index contributed by atoms with van der Waals surface area (Å²) in [4.78, 5) is 25.4. The van der Waals surface area contributed by atoms with Gasteiger partial charge >= 0.3 is 0 Å². The van der Waals surface area contributed by atoms with E-state index in [2.05, 4.69) is 4.90 Å². The Balaban J connectivity index is 1.37. The van der Waals surface area contributed by atoms with Gasteiger partial charge in [0.05, 0.1) is 12.0 Å². The fourth-order valence-corrected chi connectivity index (χ4v) is 4.04. The van der Waals surface area contributed by atoms with Gasteiger partial charge in [0.15, 0.2) is 17.3 Å². The van der Waals surface area contributed by atoms with Crippen LogP contribution in [0.1, 0.15) is 40.7 Å². The minimum Gasteiger partial charge on any atom is -0.493 e.